The molecule has 3 aromatic rings. The van der Waals surface area contributed by atoms with Crippen molar-refractivity contribution in [3.8, 4) is 5.75 Å². The van der Waals surface area contributed by atoms with Crippen molar-refractivity contribution >= 4 is 32.3 Å². The van der Waals surface area contributed by atoms with Crippen LogP contribution in [-0.4, -0.2) is 45.5 Å². The first-order valence-corrected chi connectivity index (χ1v) is 13.5. The number of hydrogen-bond donors (Lipinski definition) is 3. The molecule has 0 amide bonds. The third kappa shape index (κ3) is 5.98. The molecule has 0 saturated carbocycles. The number of alkyl halides is 2. The summed E-state index contributed by atoms with van der Waals surface area (Å²) >= 11 is 0. The number of piperidine rings is 1. The van der Waals surface area contributed by atoms with Crippen LogP contribution in [0.3, 0.4) is 0 Å². The molecule has 0 bridgehead atoms. The number of benzene rings is 2. The first-order valence-electron chi connectivity index (χ1n) is 12.9. The minimum absolute atomic E-state index is 0.172. The second-order valence-electron chi connectivity index (χ2n) is 10.2. The number of aromatic nitrogens is 2. The van der Waals surface area contributed by atoms with Crippen molar-refractivity contribution in [3.63, 3.8) is 0 Å². The Labute approximate surface area is 229 Å². The maximum Gasteiger partial charge on any atom is 0.284 e. The van der Waals surface area contributed by atoms with Crippen LogP contribution in [0.15, 0.2) is 55.2 Å². The summed E-state index contributed by atoms with van der Waals surface area (Å²) < 4.78 is 33.1. The molecule has 39 heavy (non-hydrogen) atoms. The largest absolute Gasteiger partial charge is 0.497 e. The molecular weight excluding hydrogens is 519 g/mol. The molecule has 5 rings (SSSR count). The number of ether oxygens (including phenoxy) is 1. The average Bonchev–Trinajstić information content (AvgIpc) is 3.35. The highest BCUT2D eigenvalue weighted by Crippen LogP contribution is 2.39. The summed E-state index contributed by atoms with van der Waals surface area (Å²) in [6.45, 7) is 9.06. The Balaban J connectivity index is 1.23. The van der Waals surface area contributed by atoms with E-state index >= 15 is 0 Å². The lowest BCUT2D eigenvalue weighted by Crippen LogP contribution is -2.46. The van der Waals surface area contributed by atoms with E-state index in [-0.39, 0.29) is 5.56 Å². The fourth-order valence-electron chi connectivity index (χ4n) is 5.41. The minimum Gasteiger partial charge on any atom is -0.497 e. The van der Waals surface area contributed by atoms with E-state index in [9.17, 15) is 8.78 Å². The highest BCUT2D eigenvalue weighted by atomic mass is 31.0. The van der Waals surface area contributed by atoms with Crippen molar-refractivity contribution in [2.45, 2.75) is 50.6 Å². The van der Waals surface area contributed by atoms with Crippen molar-refractivity contribution in [1.82, 2.24) is 19.8 Å². The Bertz CT molecular complexity index is 1350. The second kappa shape index (κ2) is 11.0. The van der Waals surface area contributed by atoms with E-state index in [1.54, 1.807) is 15.3 Å². The second-order valence-corrected chi connectivity index (χ2v) is 10.9. The Hall–Kier alpha value is -3.33. The number of hydrazine groups is 1. The van der Waals surface area contributed by atoms with E-state index in [1.165, 1.54) is 19.2 Å². The smallest absolute Gasteiger partial charge is 0.284 e. The zero-order valence-corrected chi connectivity index (χ0v) is 23.3. The summed E-state index contributed by atoms with van der Waals surface area (Å²) in [4.78, 5) is 14.0. The van der Waals surface area contributed by atoms with Crippen LogP contribution >= 0.6 is 9.24 Å². The van der Waals surface area contributed by atoms with Gasteiger partial charge in [-0.05, 0) is 49.6 Å². The number of fused-ring (bicyclic) bond motifs is 1. The fraction of sp³-hybridized carbons (Fsp3) is 0.357. The van der Waals surface area contributed by atoms with Gasteiger partial charge >= 0.3 is 0 Å². The zero-order valence-electron chi connectivity index (χ0n) is 22.1. The van der Waals surface area contributed by atoms with Gasteiger partial charge in [0.05, 0.1) is 12.8 Å². The van der Waals surface area contributed by atoms with Crippen LogP contribution in [0.1, 0.15) is 42.1 Å². The number of nitrogens with zero attached hydrogens (tertiary/aromatic N) is 4. The maximum atomic E-state index is 13.9. The molecule has 2 aromatic carbocycles. The molecule has 1 aromatic heterocycles. The van der Waals surface area contributed by atoms with Gasteiger partial charge in [0.25, 0.3) is 5.66 Å². The van der Waals surface area contributed by atoms with E-state index < -0.39 is 5.66 Å². The average molecular weight is 554 g/mol. The predicted octanol–water partition coefficient (Wildman–Crippen LogP) is 5.28. The molecule has 0 radical (unpaired) electrons. The van der Waals surface area contributed by atoms with Crippen LogP contribution in [0.5, 0.6) is 5.75 Å². The third-order valence-electron chi connectivity index (χ3n) is 7.56. The van der Waals surface area contributed by atoms with E-state index in [2.05, 4.69) is 39.0 Å². The van der Waals surface area contributed by atoms with Crippen LogP contribution in [0.4, 0.5) is 26.1 Å². The molecule has 1 saturated heterocycles. The first kappa shape index (κ1) is 27.2. The summed E-state index contributed by atoms with van der Waals surface area (Å²) in [5.41, 5.74) is 4.89. The maximum absolute atomic E-state index is 13.9. The van der Waals surface area contributed by atoms with Crippen molar-refractivity contribution < 1.29 is 13.5 Å². The highest BCUT2D eigenvalue weighted by Gasteiger charge is 2.34. The number of nitrogens with one attached hydrogen (secondary N) is 2. The van der Waals surface area contributed by atoms with E-state index in [0.717, 1.165) is 60.7 Å². The van der Waals surface area contributed by atoms with Gasteiger partial charge in [-0.2, -0.15) is 8.78 Å². The lowest BCUT2D eigenvalue weighted by Gasteiger charge is -2.43. The van der Waals surface area contributed by atoms with Crippen LogP contribution < -0.4 is 21.3 Å². The third-order valence-corrected chi connectivity index (χ3v) is 7.89. The van der Waals surface area contributed by atoms with E-state index in [4.69, 9.17) is 15.6 Å². The SMILES string of the molecule is C=C(c1ccc(NN)cc1)N1CC[C@@H](N2Cc3cnc(Nc4cc(OC)cc(C(F)(F)P)c4)nc3C2)C[C@H]1C. The van der Waals surface area contributed by atoms with Crippen LogP contribution in [0.2, 0.25) is 0 Å². The van der Waals surface area contributed by atoms with Gasteiger partial charge in [0.1, 0.15) is 5.75 Å². The molecule has 1 unspecified atom stereocenters. The lowest BCUT2D eigenvalue weighted by molar-refractivity contribution is 0.102. The topological polar surface area (TPSA) is 91.6 Å². The highest BCUT2D eigenvalue weighted by molar-refractivity contribution is 7.17. The summed E-state index contributed by atoms with van der Waals surface area (Å²) in [5, 5.41) is 3.07. The normalized spacial score (nSPS) is 19.5. The van der Waals surface area contributed by atoms with Gasteiger partial charge in [0, 0.05) is 72.2 Å². The van der Waals surface area contributed by atoms with Gasteiger partial charge in [0.2, 0.25) is 5.95 Å². The molecule has 2 aliphatic rings. The number of anilines is 3. The number of rotatable bonds is 8. The van der Waals surface area contributed by atoms with Crippen molar-refractivity contribution in [3.05, 3.63) is 77.6 Å². The molecule has 206 valence electrons. The molecule has 4 N–H and O–H groups in total. The molecule has 2 aliphatic heterocycles. The van der Waals surface area contributed by atoms with E-state index in [1.807, 2.05) is 30.5 Å². The number of hydrogen-bond acceptors (Lipinski definition) is 8. The van der Waals surface area contributed by atoms with Crippen molar-refractivity contribution in [2.24, 2.45) is 5.84 Å². The summed E-state index contributed by atoms with van der Waals surface area (Å²) in [6, 6.07) is 13.1. The quantitative estimate of drug-likeness (QED) is 0.197. The van der Waals surface area contributed by atoms with Crippen LogP contribution in [0, 0.1) is 0 Å². The van der Waals surface area contributed by atoms with E-state index in [0.29, 0.717) is 29.5 Å². The Morgan fingerprint density at radius 2 is 1.95 bits per heavy atom. The Morgan fingerprint density at radius 3 is 2.62 bits per heavy atom. The Morgan fingerprint density at radius 1 is 1.18 bits per heavy atom. The fourth-order valence-corrected chi connectivity index (χ4v) is 5.58. The summed E-state index contributed by atoms with van der Waals surface area (Å²) in [7, 11) is 3.00. The zero-order chi connectivity index (χ0) is 27.7. The van der Waals surface area contributed by atoms with Crippen LogP contribution in [-0.2, 0) is 18.8 Å². The molecule has 1 fully saturated rings. The summed E-state index contributed by atoms with van der Waals surface area (Å²) in [5.74, 6) is 6.19. The standard InChI is InChI=1S/C28H34F2N7OP/c1-17-10-24(8-9-37(17)18(2)19-4-6-22(35-31)7-5-19)36-15-20-14-32-27(34-26(20)16-36)33-23-11-21(28(29,30)39)12-25(13-23)38-3/h4-7,11-14,17,24,35H,2,8-10,15-16,31,39H2,1,3H3,(H,32,33,34)/t17-,24-/m1/s1. The molecule has 3 atom stereocenters. The first-order chi connectivity index (χ1) is 18.6. The number of halogens is 2. The molecular formula is C28H34F2N7OP. The molecule has 11 heteroatoms. The number of methoxy groups -OCH3 is 1. The van der Waals surface area contributed by atoms with Crippen LogP contribution in [0.25, 0.3) is 5.70 Å². The van der Waals surface area contributed by atoms with Crippen molar-refractivity contribution in [2.75, 3.05) is 24.4 Å². The van der Waals surface area contributed by atoms with Gasteiger partial charge < -0.3 is 20.4 Å². The monoisotopic (exact) mass is 553 g/mol. The van der Waals surface area contributed by atoms with Gasteiger partial charge in [0.15, 0.2) is 0 Å². The minimum atomic E-state index is -3.07. The van der Waals surface area contributed by atoms with Gasteiger partial charge in [-0.1, -0.05) is 28.0 Å². The van der Waals surface area contributed by atoms with Gasteiger partial charge in [-0.3, -0.25) is 10.7 Å². The number of likely N-dealkylation sites (tertiary alicyclic amines) is 1. The van der Waals surface area contributed by atoms with Crippen molar-refractivity contribution in [1.29, 1.82) is 0 Å². The lowest BCUT2D eigenvalue weighted by atomic mass is 9.95. The predicted molar refractivity (Wildman–Crippen MR) is 154 cm³/mol. The number of nitrogens with two attached hydrogens (primary N) is 1. The molecule has 8 nitrogen and oxygen atoms in total. The molecule has 0 spiro atoms. The van der Waals surface area contributed by atoms with Gasteiger partial charge in [-0.25, -0.2) is 9.97 Å². The molecule has 3 heterocycles. The summed E-state index contributed by atoms with van der Waals surface area (Å²) in [6.07, 6.45) is 3.87. The Kier molecular flexibility index (Phi) is 7.71. The number of nitrogen functional groups attached to an aromatic ring is 1. The molecule has 0 aliphatic carbocycles. The van der Waals surface area contributed by atoms with Gasteiger partial charge in [-0.15, -0.1) is 0 Å².